The summed E-state index contributed by atoms with van der Waals surface area (Å²) in [7, 11) is 0. The molecule has 2 N–H and O–H groups in total. The van der Waals surface area contributed by atoms with E-state index in [4.69, 9.17) is 5.11 Å². The van der Waals surface area contributed by atoms with E-state index in [0.717, 1.165) is 32.1 Å². The summed E-state index contributed by atoms with van der Waals surface area (Å²) >= 11 is 0. The lowest BCUT2D eigenvalue weighted by Gasteiger charge is -2.38. The SMILES string of the molecule is CCCC1CC1NC(=O)N1C2CCC1CC(CC(=O)O)C2. The highest BCUT2D eigenvalue weighted by Gasteiger charge is 2.45. The molecule has 1 aliphatic carbocycles. The Labute approximate surface area is 126 Å². The number of carbonyl (C=O) groups excluding carboxylic acids is 1. The zero-order valence-corrected chi connectivity index (χ0v) is 12.8. The maximum Gasteiger partial charge on any atom is 0.318 e. The van der Waals surface area contributed by atoms with E-state index < -0.39 is 5.97 Å². The first-order chi connectivity index (χ1) is 10.1. The number of aliphatic carboxylic acids is 1. The van der Waals surface area contributed by atoms with Gasteiger partial charge in [0.2, 0.25) is 0 Å². The Kier molecular flexibility index (Phi) is 4.09. The van der Waals surface area contributed by atoms with Crippen molar-refractivity contribution in [2.45, 2.75) is 76.4 Å². The Morgan fingerprint density at radius 2 is 1.86 bits per heavy atom. The number of fused-ring (bicyclic) bond motifs is 2. The van der Waals surface area contributed by atoms with E-state index in [2.05, 4.69) is 12.2 Å². The third-order valence-corrected chi connectivity index (χ3v) is 5.42. The van der Waals surface area contributed by atoms with E-state index in [1.807, 2.05) is 4.90 Å². The molecule has 0 aromatic rings. The molecule has 4 atom stereocenters. The van der Waals surface area contributed by atoms with Crippen LogP contribution < -0.4 is 5.32 Å². The summed E-state index contributed by atoms with van der Waals surface area (Å²) in [6.07, 6.45) is 7.57. The van der Waals surface area contributed by atoms with E-state index >= 15 is 0 Å². The summed E-state index contributed by atoms with van der Waals surface area (Å²) in [6.45, 7) is 2.19. The summed E-state index contributed by atoms with van der Waals surface area (Å²) < 4.78 is 0. The summed E-state index contributed by atoms with van der Waals surface area (Å²) in [5, 5.41) is 12.1. The molecule has 3 rings (SSSR count). The molecule has 3 aliphatic rings. The minimum atomic E-state index is -0.710. The maximum atomic E-state index is 12.5. The van der Waals surface area contributed by atoms with Crippen LogP contribution in [0.1, 0.15) is 58.3 Å². The number of carbonyl (C=O) groups is 2. The second kappa shape index (κ2) is 5.85. The number of carboxylic acids is 1. The average molecular weight is 294 g/mol. The standard InChI is InChI=1S/C16H26N2O3/c1-2-3-11-9-14(11)17-16(21)18-12-4-5-13(18)7-10(6-12)8-15(19)20/h10-14H,2-9H2,1H3,(H,17,21)(H,19,20). The molecule has 1 saturated carbocycles. The second-order valence-corrected chi connectivity index (χ2v) is 7.07. The number of carboxylic acid groups (broad SMARTS) is 1. The van der Waals surface area contributed by atoms with Crippen LogP contribution in [0.4, 0.5) is 4.79 Å². The number of nitrogens with one attached hydrogen (secondary N) is 1. The van der Waals surface area contributed by atoms with Gasteiger partial charge in [0.25, 0.3) is 0 Å². The average Bonchev–Trinajstić information content (AvgIpc) is 3.06. The summed E-state index contributed by atoms with van der Waals surface area (Å²) in [5.41, 5.74) is 0. The van der Waals surface area contributed by atoms with Gasteiger partial charge in [-0.2, -0.15) is 0 Å². The fourth-order valence-corrected chi connectivity index (χ4v) is 4.38. The fourth-order valence-electron chi connectivity index (χ4n) is 4.38. The van der Waals surface area contributed by atoms with Crippen molar-refractivity contribution in [2.24, 2.45) is 11.8 Å². The van der Waals surface area contributed by atoms with Crippen LogP contribution in [0.25, 0.3) is 0 Å². The lowest BCUT2D eigenvalue weighted by molar-refractivity contribution is -0.138. The molecule has 118 valence electrons. The number of nitrogens with zero attached hydrogens (tertiary/aromatic N) is 1. The first-order valence-electron chi connectivity index (χ1n) is 8.39. The Morgan fingerprint density at radius 3 is 2.43 bits per heavy atom. The number of piperidine rings is 1. The first kappa shape index (κ1) is 14.7. The van der Waals surface area contributed by atoms with E-state index in [-0.39, 0.29) is 30.5 Å². The number of amides is 2. The van der Waals surface area contributed by atoms with Gasteiger partial charge in [0.05, 0.1) is 0 Å². The second-order valence-electron chi connectivity index (χ2n) is 7.07. The Morgan fingerprint density at radius 1 is 1.19 bits per heavy atom. The van der Waals surface area contributed by atoms with E-state index in [1.165, 1.54) is 12.8 Å². The predicted octanol–water partition coefficient (Wildman–Crippen LogP) is 2.60. The Hall–Kier alpha value is -1.26. The molecule has 4 unspecified atom stereocenters. The Bertz CT molecular complexity index is 412. The van der Waals surface area contributed by atoms with Gasteiger partial charge in [-0.05, 0) is 50.4 Å². The van der Waals surface area contributed by atoms with Gasteiger partial charge < -0.3 is 15.3 Å². The molecule has 0 aromatic carbocycles. The van der Waals surface area contributed by atoms with Crippen LogP contribution in [0.3, 0.4) is 0 Å². The minimum absolute atomic E-state index is 0.0971. The topological polar surface area (TPSA) is 69.6 Å². The lowest BCUT2D eigenvalue weighted by atomic mass is 9.88. The van der Waals surface area contributed by atoms with Crippen molar-refractivity contribution in [3.63, 3.8) is 0 Å². The number of hydrogen-bond donors (Lipinski definition) is 2. The lowest BCUT2D eigenvalue weighted by Crippen LogP contribution is -2.51. The molecular weight excluding hydrogens is 268 g/mol. The van der Waals surface area contributed by atoms with Crippen LogP contribution in [-0.4, -0.2) is 40.1 Å². The molecule has 2 heterocycles. The molecule has 5 heteroatoms. The number of hydrogen-bond acceptors (Lipinski definition) is 2. The van der Waals surface area contributed by atoms with Gasteiger partial charge in [-0.15, -0.1) is 0 Å². The van der Waals surface area contributed by atoms with Crippen molar-refractivity contribution in [3.8, 4) is 0 Å². The molecule has 2 bridgehead atoms. The van der Waals surface area contributed by atoms with Gasteiger partial charge in [0, 0.05) is 24.5 Å². The van der Waals surface area contributed by atoms with Crippen LogP contribution in [0.2, 0.25) is 0 Å². The van der Waals surface area contributed by atoms with Crippen molar-refractivity contribution in [3.05, 3.63) is 0 Å². The highest BCUT2D eigenvalue weighted by atomic mass is 16.4. The molecule has 2 aliphatic heterocycles. The van der Waals surface area contributed by atoms with Crippen molar-refractivity contribution in [1.29, 1.82) is 0 Å². The van der Waals surface area contributed by atoms with E-state index in [1.54, 1.807) is 0 Å². The molecule has 2 amide bonds. The van der Waals surface area contributed by atoms with Crippen LogP contribution in [0, 0.1) is 11.8 Å². The zero-order valence-electron chi connectivity index (χ0n) is 12.8. The molecule has 21 heavy (non-hydrogen) atoms. The highest BCUT2D eigenvalue weighted by Crippen LogP contribution is 2.41. The first-order valence-corrected chi connectivity index (χ1v) is 8.39. The van der Waals surface area contributed by atoms with Crippen molar-refractivity contribution in [2.75, 3.05) is 0 Å². The van der Waals surface area contributed by atoms with E-state index in [9.17, 15) is 9.59 Å². The molecule has 0 spiro atoms. The summed E-state index contributed by atoms with van der Waals surface area (Å²) in [6, 6.07) is 1.00. The predicted molar refractivity (Wildman–Crippen MR) is 79.0 cm³/mol. The van der Waals surface area contributed by atoms with Gasteiger partial charge in [-0.3, -0.25) is 4.79 Å². The molecule has 3 fully saturated rings. The van der Waals surface area contributed by atoms with Gasteiger partial charge >= 0.3 is 12.0 Å². The van der Waals surface area contributed by atoms with Crippen molar-refractivity contribution in [1.82, 2.24) is 10.2 Å². The van der Waals surface area contributed by atoms with Crippen molar-refractivity contribution >= 4 is 12.0 Å². The molecule has 0 radical (unpaired) electrons. The summed E-state index contributed by atoms with van der Waals surface area (Å²) in [5.74, 6) is 0.219. The van der Waals surface area contributed by atoms with Gasteiger partial charge in [0.1, 0.15) is 0 Å². The third kappa shape index (κ3) is 3.16. The highest BCUT2D eigenvalue weighted by molar-refractivity contribution is 5.76. The van der Waals surface area contributed by atoms with E-state index in [0.29, 0.717) is 12.0 Å². The van der Waals surface area contributed by atoms with Crippen LogP contribution in [-0.2, 0) is 4.79 Å². The van der Waals surface area contributed by atoms with Gasteiger partial charge in [-0.1, -0.05) is 13.3 Å². The normalized spacial score (nSPS) is 37.4. The molecule has 2 saturated heterocycles. The quantitative estimate of drug-likeness (QED) is 0.819. The summed E-state index contributed by atoms with van der Waals surface area (Å²) in [4.78, 5) is 25.4. The maximum absolute atomic E-state index is 12.5. The van der Waals surface area contributed by atoms with Crippen molar-refractivity contribution < 1.29 is 14.7 Å². The minimum Gasteiger partial charge on any atom is -0.481 e. The van der Waals surface area contributed by atoms with Crippen LogP contribution in [0.5, 0.6) is 0 Å². The van der Waals surface area contributed by atoms with Gasteiger partial charge in [0.15, 0.2) is 0 Å². The number of urea groups is 1. The molecule has 0 aromatic heterocycles. The molecular formula is C16H26N2O3. The van der Waals surface area contributed by atoms with Gasteiger partial charge in [-0.25, -0.2) is 4.79 Å². The van der Waals surface area contributed by atoms with Crippen LogP contribution in [0.15, 0.2) is 0 Å². The smallest absolute Gasteiger partial charge is 0.318 e. The monoisotopic (exact) mass is 294 g/mol. The largest absolute Gasteiger partial charge is 0.481 e. The zero-order chi connectivity index (χ0) is 15.0. The fraction of sp³-hybridized carbons (Fsp3) is 0.875. The molecule has 5 nitrogen and oxygen atoms in total. The van der Waals surface area contributed by atoms with Crippen LogP contribution >= 0.6 is 0 Å². The number of rotatable bonds is 5. The third-order valence-electron chi connectivity index (χ3n) is 5.42. The Balaban J connectivity index is 1.53.